The van der Waals surface area contributed by atoms with Gasteiger partial charge in [-0.1, -0.05) is 23.9 Å². The van der Waals surface area contributed by atoms with Gasteiger partial charge in [-0.25, -0.2) is 4.98 Å². The molecule has 1 aromatic carbocycles. The molecule has 0 radical (unpaired) electrons. The first-order valence-corrected chi connectivity index (χ1v) is 10.0. The van der Waals surface area contributed by atoms with E-state index < -0.39 is 5.54 Å². The Labute approximate surface area is 161 Å². The Morgan fingerprint density at radius 1 is 1.37 bits per heavy atom. The third-order valence-electron chi connectivity index (χ3n) is 4.75. The highest BCUT2D eigenvalue weighted by Gasteiger charge is 2.35. The van der Waals surface area contributed by atoms with Crippen molar-refractivity contribution in [2.75, 3.05) is 12.4 Å². The molecule has 0 bridgehead atoms. The molecule has 1 saturated carbocycles. The summed E-state index contributed by atoms with van der Waals surface area (Å²) in [5.41, 5.74) is -0.360. The number of amides is 1. The fourth-order valence-electron chi connectivity index (χ4n) is 3.36. The highest BCUT2D eigenvalue weighted by Crippen LogP contribution is 2.29. The maximum Gasteiger partial charge on any atom is 0.262 e. The summed E-state index contributed by atoms with van der Waals surface area (Å²) < 4.78 is 1.51. The van der Waals surface area contributed by atoms with Crippen molar-refractivity contribution in [2.45, 2.75) is 49.3 Å². The Bertz CT molecular complexity index is 929. The minimum absolute atomic E-state index is 0.0332. The van der Waals surface area contributed by atoms with Crippen LogP contribution in [0, 0.1) is 11.3 Å². The van der Waals surface area contributed by atoms with Crippen molar-refractivity contribution in [1.29, 1.82) is 5.26 Å². The van der Waals surface area contributed by atoms with E-state index in [4.69, 9.17) is 5.11 Å². The second-order valence-corrected chi connectivity index (χ2v) is 7.63. The third kappa shape index (κ3) is 4.31. The predicted octanol–water partition coefficient (Wildman–Crippen LogP) is 1.82. The number of fused-ring (bicyclic) bond motifs is 1. The van der Waals surface area contributed by atoms with Crippen molar-refractivity contribution in [3.63, 3.8) is 0 Å². The maximum atomic E-state index is 12.8. The van der Waals surface area contributed by atoms with Gasteiger partial charge >= 0.3 is 0 Å². The van der Waals surface area contributed by atoms with E-state index in [1.807, 2.05) is 6.07 Å². The minimum Gasteiger partial charge on any atom is -0.396 e. The minimum atomic E-state index is -0.759. The zero-order valence-corrected chi connectivity index (χ0v) is 15.8. The molecule has 0 unspecified atom stereocenters. The van der Waals surface area contributed by atoms with E-state index in [-0.39, 0.29) is 23.8 Å². The lowest BCUT2D eigenvalue weighted by molar-refractivity contribution is -0.119. The number of nitrogens with one attached hydrogen (secondary N) is 1. The van der Waals surface area contributed by atoms with Crippen LogP contribution < -0.4 is 10.9 Å². The van der Waals surface area contributed by atoms with Gasteiger partial charge in [0.1, 0.15) is 5.54 Å². The van der Waals surface area contributed by atoms with Crippen LogP contribution in [0.2, 0.25) is 0 Å². The van der Waals surface area contributed by atoms with Crippen molar-refractivity contribution >= 4 is 28.6 Å². The summed E-state index contributed by atoms with van der Waals surface area (Å²) >= 11 is 1.18. The highest BCUT2D eigenvalue weighted by atomic mass is 32.2. The van der Waals surface area contributed by atoms with Gasteiger partial charge in [-0.3, -0.25) is 14.2 Å². The second-order valence-electron chi connectivity index (χ2n) is 6.68. The molecule has 7 nitrogen and oxygen atoms in total. The monoisotopic (exact) mass is 386 g/mol. The number of nitrogens with zero attached hydrogens (tertiary/aromatic N) is 3. The number of aliphatic hydroxyl groups excluding tert-OH is 1. The Balaban J connectivity index is 1.80. The number of rotatable bonds is 7. The summed E-state index contributed by atoms with van der Waals surface area (Å²) in [6.45, 7) is 0.299. The van der Waals surface area contributed by atoms with Crippen molar-refractivity contribution < 1.29 is 9.90 Å². The number of nitriles is 1. The molecule has 2 N–H and O–H groups in total. The summed E-state index contributed by atoms with van der Waals surface area (Å²) in [5.74, 6) is -0.160. The van der Waals surface area contributed by atoms with Gasteiger partial charge in [-0.05, 0) is 44.2 Å². The van der Waals surface area contributed by atoms with Gasteiger partial charge in [0.2, 0.25) is 5.91 Å². The first kappa shape index (κ1) is 19.4. The van der Waals surface area contributed by atoms with Crippen LogP contribution in [0.5, 0.6) is 0 Å². The second kappa shape index (κ2) is 8.55. The van der Waals surface area contributed by atoms with E-state index in [9.17, 15) is 14.9 Å². The molecule has 1 heterocycles. The smallest absolute Gasteiger partial charge is 0.262 e. The lowest BCUT2D eigenvalue weighted by atomic mass is 10.0. The van der Waals surface area contributed by atoms with Gasteiger partial charge < -0.3 is 10.4 Å². The molecule has 1 fully saturated rings. The largest absolute Gasteiger partial charge is 0.396 e. The number of carbonyl (C=O) groups excluding carboxylic acids is 1. The molecular weight excluding hydrogens is 364 g/mol. The predicted molar refractivity (Wildman–Crippen MR) is 103 cm³/mol. The van der Waals surface area contributed by atoms with E-state index in [1.54, 1.807) is 18.2 Å². The van der Waals surface area contributed by atoms with Crippen LogP contribution in [-0.4, -0.2) is 38.5 Å². The summed E-state index contributed by atoms with van der Waals surface area (Å²) in [7, 11) is 0. The highest BCUT2D eigenvalue weighted by molar-refractivity contribution is 7.99. The van der Waals surface area contributed by atoms with Gasteiger partial charge in [0.25, 0.3) is 5.56 Å². The SMILES string of the molecule is N#CC1(NC(=O)CSc2nc3ccccc3c(=O)n2CCCO)CCCC1. The molecular formula is C19H22N4O3S. The van der Waals surface area contributed by atoms with E-state index in [1.165, 1.54) is 16.3 Å². The Hall–Kier alpha value is -2.37. The summed E-state index contributed by atoms with van der Waals surface area (Å²) in [6.07, 6.45) is 3.66. The maximum absolute atomic E-state index is 12.8. The number of para-hydroxylation sites is 1. The van der Waals surface area contributed by atoms with Crippen LogP contribution in [0.25, 0.3) is 10.9 Å². The Morgan fingerprint density at radius 3 is 2.81 bits per heavy atom. The molecule has 1 aliphatic rings. The van der Waals surface area contributed by atoms with Crippen LogP contribution in [0.3, 0.4) is 0 Å². The average molecular weight is 386 g/mol. The van der Waals surface area contributed by atoms with Gasteiger partial charge in [-0.15, -0.1) is 0 Å². The molecule has 1 aromatic heterocycles. The number of hydrogen-bond donors (Lipinski definition) is 2. The summed E-state index contributed by atoms with van der Waals surface area (Å²) in [6, 6.07) is 9.32. The van der Waals surface area contributed by atoms with Crippen molar-refractivity contribution in [3.05, 3.63) is 34.6 Å². The molecule has 0 saturated heterocycles. The molecule has 0 atom stereocenters. The molecule has 142 valence electrons. The molecule has 27 heavy (non-hydrogen) atoms. The number of hydrogen-bond acceptors (Lipinski definition) is 6. The standard InChI is InChI=1S/C19H22N4O3S/c20-13-19(8-3-4-9-19)22-16(25)12-27-18-21-15-7-2-1-6-14(15)17(26)23(18)10-5-11-24/h1-2,6-7,24H,3-5,8-12H2,(H,22,25). The molecule has 8 heteroatoms. The summed E-state index contributed by atoms with van der Waals surface area (Å²) in [4.78, 5) is 29.7. The molecule has 3 rings (SSSR count). The fraction of sp³-hybridized carbons (Fsp3) is 0.474. The van der Waals surface area contributed by atoms with E-state index in [0.717, 1.165) is 12.8 Å². The number of carbonyl (C=O) groups is 1. The van der Waals surface area contributed by atoms with Crippen LogP contribution in [0.15, 0.2) is 34.2 Å². The number of thioether (sulfide) groups is 1. The van der Waals surface area contributed by atoms with Crippen LogP contribution in [-0.2, 0) is 11.3 Å². The average Bonchev–Trinajstić information content (AvgIpc) is 3.15. The molecule has 1 amide bonds. The van der Waals surface area contributed by atoms with E-state index in [0.29, 0.717) is 41.9 Å². The van der Waals surface area contributed by atoms with Gasteiger partial charge in [0.15, 0.2) is 5.16 Å². The lowest BCUT2D eigenvalue weighted by Crippen LogP contribution is -2.45. The first-order valence-electron chi connectivity index (χ1n) is 9.04. The third-order valence-corrected chi connectivity index (χ3v) is 5.73. The first-order chi connectivity index (χ1) is 13.1. The summed E-state index contributed by atoms with van der Waals surface area (Å²) in [5, 5.41) is 22.3. The quantitative estimate of drug-likeness (QED) is 0.555. The van der Waals surface area contributed by atoms with Gasteiger partial charge in [0.05, 0.1) is 22.7 Å². The van der Waals surface area contributed by atoms with Crippen LogP contribution in [0.1, 0.15) is 32.1 Å². The molecule has 2 aromatic rings. The normalized spacial score (nSPS) is 15.6. The lowest BCUT2D eigenvalue weighted by Gasteiger charge is -2.22. The van der Waals surface area contributed by atoms with Crippen LogP contribution in [0.4, 0.5) is 0 Å². The number of aromatic nitrogens is 2. The Morgan fingerprint density at radius 2 is 2.11 bits per heavy atom. The van der Waals surface area contributed by atoms with Crippen molar-refractivity contribution in [3.8, 4) is 6.07 Å². The van der Waals surface area contributed by atoms with Crippen molar-refractivity contribution in [2.24, 2.45) is 0 Å². The zero-order valence-electron chi connectivity index (χ0n) is 15.0. The van der Waals surface area contributed by atoms with E-state index >= 15 is 0 Å². The topological polar surface area (TPSA) is 108 Å². The Kier molecular flexibility index (Phi) is 6.14. The number of benzene rings is 1. The van der Waals surface area contributed by atoms with Crippen molar-refractivity contribution in [1.82, 2.24) is 14.9 Å². The molecule has 0 spiro atoms. The van der Waals surface area contributed by atoms with Gasteiger partial charge in [0, 0.05) is 13.2 Å². The molecule has 0 aliphatic heterocycles. The fourth-order valence-corrected chi connectivity index (χ4v) is 4.19. The van der Waals surface area contributed by atoms with Gasteiger partial charge in [-0.2, -0.15) is 5.26 Å². The van der Waals surface area contributed by atoms with E-state index in [2.05, 4.69) is 16.4 Å². The number of aliphatic hydroxyl groups is 1. The van der Waals surface area contributed by atoms with Crippen LogP contribution >= 0.6 is 11.8 Å². The zero-order chi connectivity index (χ0) is 19.3. The molecule has 1 aliphatic carbocycles.